The van der Waals surface area contributed by atoms with Crippen molar-refractivity contribution < 1.29 is 15.3 Å². The number of nitrogens with zero attached hydrogens (tertiary/aromatic N) is 4. The lowest BCUT2D eigenvalue weighted by Gasteiger charge is -2.42. The minimum Gasteiger partial charge on any atom is -0.364 e. The summed E-state index contributed by atoms with van der Waals surface area (Å²) in [5.74, 6) is -0.106. The molecule has 4 rings (SSSR count). The summed E-state index contributed by atoms with van der Waals surface area (Å²) in [6.45, 7) is 9.35. The number of anilines is 1. The van der Waals surface area contributed by atoms with Crippen LogP contribution in [-0.2, 0) is 6.54 Å². The fraction of sp³-hybridized carbons (Fsp3) is 0.464. The van der Waals surface area contributed by atoms with Gasteiger partial charge in [0.05, 0.1) is 21.8 Å². The zero-order valence-corrected chi connectivity index (χ0v) is 24.3. The Kier molecular flexibility index (Phi) is 9.43. The molecule has 1 saturated heterocycles. The number of carbonyl (C=O) groups excluding carboxylic acids is 1. The van der Waals surface area contributed by atoms with E-state index in [0.29, 0.717) is 40.5 Å². The van der Waals surface area contributed by atoms with Crippen LogP contribution in [0.4, 0.5) is 5.69 Å². The Morgan fingerprint density at radius 3 is 2.42 bits per heavy atom. The van der Waals surface area contributed by atoms with Gasteiger partial charge in [0.1, 0.15) is 6.33 Å². The molecule has 10 heteroatoms. The number of hydrogen-bond donors (Lipinski definition) is 3. The van der Waals surface area contributed by atoms with Crippen molar-refractivity contribution in [2.24, 2.45) is 0 Å². The van der Waals surface area contributed by atoms with E-state index in [0.717, 1.165) is 44.6 Å². The van der Waals surface area contributed by atoms with E-state index in [-0.39, 0.29) is 7.33 Å². The van der Waals surface area contributed by atoms with Gasteiger partial charge >= 0.3 is 0 Å². The molecule has 0 radical (unpaired) electrons. The molecule has 208 valence electrons. The van der Waals surface area contributed by atoms with Crippen LogP contribution in [0.5, 0.6) is 0 Å². The Bertz CT molecular complexity index is 1180. The molecule has 3 aromatic rings. The van der Waals surface area contributed by atoms with Crippen molar-refractivity contribution in [2.75, 3.05) is 30.8 Å². The highest BCUT2D eigenvalue weighted by Crippen LogP contribution is 2.44. The van der Waals surface area contributed by atoms with Gasteiger partial charge in [-0.2, -0.15) is 21.9 Å². The molecule has 1 amide bonds. The van der Waals surface area contributed by atoms with E-state index in [2.05, 4.69) is 48.8 Å². The van der Waals surface area contributed by atoms with Crippen LogP contribution in [-0.4, -0.2) is 67.9 Å². The molecule has 1 aliphatic heterocycles. The van der Waals surface area contributed by atoms with E-state index in [1.807, 2.05) is 38.1 Å². The molecule has 0 bridgehead atoms. The molecule has 0 aliphatic carbocycles. The van der Waals surface area contributed by atoms with Crippen LogP contribution < -0.4 is 10.2 Å². The summed E-state index contributed by atoms with van der Waals surface area (Å²) in [5.41, 5.74) is 4.38. The van der Waals surface area contributed by atoms with E-state index in [9.17, 15) is 13.9 Å². The summed E-state index contributed by atoms with van der Waals surface area (Å²) in [4.78, 5) is 26.5. The number of benzene rings is 1. The number of nitrogens with one attached hydrogen (secondary N) is 1. The monoisotopic (exact) mass is 559 g/mol. The average molecular weight is 560 g/mol. The van der Waals surface area contributed by atoms with Gasteiger partial charge in [0, 0.05) is 51.6 Å². The van der Waals surface area contributed by atoms with Gasteiger partial charge in [0.2, 0.25) is 0 Å². The fourth-order valence-corrected chi connectivity index (χ4v) is 6.44. The first-order valence-electron chi connectivity index (χ1n) is 13.0. The number of likely N-dealkylation sites (tertiary alicyclic amines) is 1. The largest absolute Gasteiger partial charge is 0.364 e. The number of hydrogen-bond acceptors (Lipinski definition) is 8. The van der Waals surface area contributed by atoms with Crippen molar-refractivity contribution >= 4 is 33.5 Å². The molecule has 1 fully saturated rings. The topological polar surface area (TPSA) is 102 Å². The first kappa shape index (κ1) is 28.5. The van der Waals surface area contributed by atoms with E-state index in [4.69, 9.17) is 0 Å². The molecule has 3 heterocycles. The third-order valence-corrected chi connectivity index (χ3v) is 9.31. The second kappa shape index (κ2) is 12.6. The molecule has 8 nitrogen and oxygen atoms in total. The van der Waals surface area contributed by atoms with Crippen LogP contribution in [0.25, 0.3) is 0 Å². The number of thiophene rings is 1. The van der Waals surface area contributed by atoms with Gasteiger partial charge in [-0.25, -0.2) is 9.97 Å². The van der Waals surface area contributed by atoms with Gasteiger partial charge in [-0.1, -0.05) is 0 Å². The summed E-state index contributed by atoms with van der Waals surface area (Å²) < 4.78 is 20.0. The zero-order chi connectivity index (χ0) is 27.3. The normalized spacial score (nSPS) is 16.3. The molecular formula is C28H41N5O3S2. The number of carbonyl (C=O) groups is 1. The second-order valence-electron chi connectivity index (χ2n) is 10.2. The number of aromatic nitrogens is 2. The van der Waals surface area contributed by atoms with E-state index >= 15 is 0 Å². The summed E-state index contributed by atoms with van der Waals surface area (Å²) in [5, 5.41) is 7.36. The van der Waals surface area contributed by atoms with Gasteiger partial charge in [0.15, 0.2) is 0 Å². The van der Waals surface area contributed by atoms with Crippen LogP contribution in [0, 0.1) is 13.8 Å². The molecule has 2 aromatic heterocycles. The van der Waals surface area contributed by atoms with Crippen LogP contribution in [0.2, 0.25) is 0 Å². The maximum absolute atomic E-state index is 12.7. The number of piperidine rings is 1. The Labute approximate surface area is 233 Å². The van der Waals surface area contributed by atoms with Crippen molar-refractivity contribution in [2.45, 2.75) is 63.6 Å². The highest BCUT2D eigenvalue weighted by molar-refractivity contribution is 8.23. The molecule has 0 saturated carbocycles. The first-order valence-corrected chi connectivity index (χ1v) is 15.9. The highest BCUT2D eigenvalue weighted by Gasteiger charge is 2.27. The number of aryl methyl sites for hydroxylation is 2. The highest BCUT2D eigenvalue weighted by atomic mass is 32.3. The van der Waals surface area contributed by atoms with E-state index < -0.39 is 10.6 Å². The summed E-state index contributed by atoms with van der Waals surface area (Å²) in [6, 6.07) is 10.6. The van der Waals surface area contributed by atoms with Crippen LogP contribution >= 0.6 is 21.9 Å². The molecule has 3 N–H and O–H groups in total. The summed E-state index contributed by atoms with van der Waals surface area (Å²) >= 11 is 1.71. The third kappa shape index (κ3) is 7.12. The van der Waals surface area contributed by atoms with E-state index in [1.165, 1.54) is 18.1 Å². The van der Waals surface area contributed by atoms with Crippen molar-refractivity contribution in [3.05, 3.63) is 69.9 Å². The summed E-state index contributed by atoms with van der Waals surface area (Å²) in [7, 11) is -2.73. The fourth-order valence-electron chi connectivity index (χ4n) is 5.13. The van der Waals surface area contributed by atoms with Gasteiger partial charge in [-0.05, 0) is 86.7 Å². The van der Waals surface area contributed by atoms with Crippen LogP contribution in [0.1, 0.15) is 54.9 Å². The summed E-state index contributed by atoms with van der Waals surface area (Å²) in [6.07, 6.45) is 5.93. The Morgan fingerprint density at radius 1 is 1.18 bits per heavy atom. The number of rotatable bonds is 10. The molecule has 38 heavy (non-hydrogen) atoms. The van der Waals surface area contributed by atoms with Gasteiger partial charge in [-0.15, -0.1) is 0 Å². The van der Waals surface area contributed by atoms with Crippen molar-refractivity contribution in [1.82, 2.24) is 20.2 Å². The zero-order valence-electron chi connectivity index (χ0n) is 22.6. The second-order valence-corrected chi connectivity index (χ2v) is 13.1. The Hall–Kier alpha value is -2.50. The minimum absolute atomic E-state index is 0. The van der Waals surface area contributed by atoms with Gasteiger partial charge in [-0.3, -0.25) is 13.9 Å². The van der Waals surface area contributed by atoms with Crippen LogP contribution in [0.15, 0.2) is 52.3 Å². The Balaban J connectivity index is 0.00000420. The smallest absolute Gasteiger partial charge is 0.254 e. The maximum atomic E-state index is 12.7. The third-order valence-electron chi connectivity index (χ3n) is 7.41. The first-order chi connectivity index (χ1) is 18.1. The average Bonchev–Trinajstić information content (AvgIpc) is 3.40. The van der Waals surface area contributed by atoms with Crippen molar-refractivity contribution in [3.63, 3.8) is 0 Å². The maximum Gasteiger partial charge on any atom is 0.254 e. The predicted octanol–water partition coefficient (Wildman–Crippen LogP) is 5.82. The van der Waals surface area contributed by atoms with Crippen molar-refractivity contribution in [3.8, 4) is 0 Å². The van der Waals surface area contributed by atoms with Crippen LogP contribution in [0.3, 0.4) is 0 Å². The molecule has 1 aromatic carbocycles. The SMILES string of the molecule is Cc1ncnc(C)c1C(=O)NCC[C@@H](C)N1CCC(N(Cc2ccsc2)c2ccc(S(C)(O)O)cc2)CC1.[HH]. The lowest BCUT2D eigenvalue weighted by molar-refractivity contribution is 0.0943. The molecule has 1 aliphatic rings. The minimum atomic E-state index is -2.73. The lowest BCUT2D eigenvalue weighted by Crippen LogP contribution is -2.48. The quantitative estimate of drug-likeness (QED) is 0.288. The van der Waals surface area contributed by atoms with Gasteiger partial charge < -0.3 is 15.1 Å². The molecular weight excluding hydrogens is 518 g/mol. The number of amides is 1. The standard InChI is InChI=1S/C28H39N5O3S2.H2/c1-20(9-13-29-28(34)27-21(2)30-19-31-22(27)3)32-14-10-25(11-15-32)33(17-23-12-16-37-18-23)24-5-7-26(8-6-24)38(4,35)36;/h5-8,12,16,18-20,25,35-36H,9-11,13-15,17H2,1-4H3,(H,29,34);1H/t20-;/m1./s1. The molecule has 0 spiro atoms. The molecule has 0 unspecified atom stereocenters. The Morgan fingerprint density at radius 2 is 1.84 bits per heavy atom. The predicted molar refractivity (Wildman–Crippen MR) is 159 cm³/mol. The molecule has 1 atom stereocenters. The lowest BCUT2D eigenvalue weighted by atomic mass is 9.99. The van der Waals surface area contributed by atoms with Gasteiger partial charge in [0.25, 0.3) is 5.91 Å². The van der Waals surface area contributed by atoms with Crippen molar-refractivity contribution in [1.29, 1.82) is 0 Å². The van der Waals surface area contributed by atoms with E-state index in [1.54, 1.807) is 11.3 Å².